The maximum atomic E-state index is 12.4. The van der Waals surface area contributed by atoms with Crippen molar-refractivity contribution in [3.8, 4) is 0 Å². The Morgan fingerprint density at radius 3 is 2.71 bits per heavy atom. The topological polar surface area (TPSA) is 84.2 Å². The third-order valence-corrected chi connectivity index (χ3v) is 4.27. The second-order valence-electron chi connectivity index (χ2n) is 5.64. The molecule has 3 atom stereocenters. The first kappa shape index (κ1) is 15.5. The molecule has 1 amide bonds. The van der Waals surface area contributed by atoms with E-state index >= 15 is 0 Å². The summed E-state index contributed by atoms with van der Waals surface area (Å²) in [6, 6.07) is 1.71. The summed E-state index contributed by atoms with van der Waals surface area (Å²) in [5.74, 6) is -1.99. The molecule has 1 aromatic heterocycles. The second kappa shape index (κ2) is 6.74. The average molecular weight is 293 g/mol. The van der Waals surface area contributed by atoms with Crippen molar-refractivity contribution in [2.45, 2.75) is 52.1 Å². The molecule has 1 saturated carbocycles. The third-order valence-electron chi connectivity index (χ3n) is 4.27. The van der Waals surface area contributed by atoms with Gasteiger partial charge in [-0.25, -0.2) is 0 Å². The van der Waals surface area contributed by atoms with Gasteiger partial charge in [0, 0.05) is 12.7 Å². The zero-order valence-electron chi connectivity index (χ0n) is 12.6. The van der Waals surface area contributed by atoms with Gasteiger partial charge in [0.05, 0.1) is 23.6 Å². The van der Waals surface area contributed by atoms with Gasteiger partial charge in [0.15, 0.2) is 0 Å². The van der Waals surface area contributed by atoms with Gasteiger partial charge in [0.2, 0.25) is 5.91 Å². The number of aromatic nitrogens is 2. The number of carboxylic acid groups (broad SMARTS) is 1. The molecule has 0 unspecified atom stereocenters. The minimum atomic E-state index is -0.860. The van der Waals surface area contributed by atoms with Crippen LogP contribution in [0.25, 0.3) is 0 Å². The molecule has 1 fully saturated rings. The summed E-state index contributed by atoms with van der Waals surface area (Å²) in [5, 5.41) is 16.4. The third kappa shape index (κ3) is 3.43. The fraction of sp³-hybridized carbons (Fsp3) is 0.667. The van der Waals surface area contributed by atoms with Gasteiger partial charge in [-0.05, 0) is 32.8 Å². The molecule has 0 aromatic carbocycles. The maximum absolute atomic E-state index is 12.4. The summed E-state index contributed by atoms with van der Waals surface area (Å²) >= 11 is 0. The van der Waals surface area contributed by atoms with Crippen molar-refractivity contribution in [2.75, 3.05) is 0 Å². The van der Waals surface area contributed by atoms with E-state index in [1.807, 2.05) is 24.6 Å². The van der Waals surface area contributed by atoms with Crippen molar-refractivity contribution in [3.63, 3.8) is 0 Å². The van der Waals surface area contributed by atoms with Crippen molar-refractivity contribution < 1.29 is 14.7 Å². The van der Waals surface area contributed by atoms with E-state index in [-0.39, 0.29) is 11.9 Å². The number of carboxylic acids is 1. The van der Waals surface area contributed by atoms with Crippen molar-refractivity contribution in [1.82, 2.24) is 15.1 Å². The Morgan fingerprint density at radius 2 is 2.10 bits per heavy atom. The molecule has 6 nitrogen and oxygen atoms in total. The molecule has 0 aliphatic heterocycles. The molecular weight excluding hydrogens is 270 g/mol. The van der Waals surface area contributed by atoms with Crippen LogP contribution in [0.2, 0.25) is 0 Å². The lowest BCUT2D eigenvalue weighted by Crippen LogP contribution is -2.41. The lowest BCUT2D eigenvalue weighted by atomic mass is 9.78. The number of carbonyl (C=O) groups excluding carboxylic acids is 1. The molecule has 0 bridgehead atoms. The largest absolute Gasteiger partial charge is 0.481 e. The van der Waals surface area contributed by atoms with Crippen LogP contribution < -0.4 is 5.32 Å². The number of hydrogen-bond donors (Lipinski definition) is 2. The van der Waals surface area contributed by atoms with E-state index in [2.05, 4.69) is 10.4 Å². The average Bonchev–Trinajstić information content (AvgIpc) is 2.95. The lowest BCUT2D eigenvalue weighted by molar-refractivity contribution is -0.149. The van der Waals surface area contributed by atoms with E-state index in [4.69, 9.17) is 0 Å². The Morgan fingerprint density at radius 1 is 1.43 bits per heavy atom. The highest BCUT2D eigenvalue weighted by atomic mass is 16.4. The smallest absolute Gasteiger partial charge is 0.307 e. The first-order chi connectivity index (χ1) is 10.0. The molecular formula is C15H23N3O3. The Hall–Kier alpha value is -1.85. The summed E-state index contributed by atoms with van der Waals surface area (Å²) in [5.41, 5.74) is 0.938. The molecule has 21 heavy (non-hydrogen) atoms. The van der Waals surface area contributed by atoms with Gasteiger partial charge in [0.1, 0.15) is 0 Å². The summed E-state index contributed by atoms with van der Waals surface area (Å²) in [6.45, 7) is 4.63. The first-order valence-corrected chi connectivity index (χ1v) is 7.59. The Balaban J connectivity index is 2.04. The van der Waals surface area contributed by atoms with Crippen LogP contribution in [0.4, 0.5) is 0 Å². The van der Waals surface area contributed by atoms with E-state index < -0.39 is 17.8 Å². The Kier molecular flexibility index (Phi) is 4.98. The number of amides is 1. The van der Waals surface area contributed by atoms with Gasteiger partial charge in [-0.2, -0.15) is 5.10 Å². The van der Waals surface area contributed by atoms with Crippen molar-refractivity contribution in [2.24, 2.45) is 11.8 Å². The van der Waals surface area contributed by atoms with Crippen molar-refractivity contribution >= 4 is 11.9 Å². The monoisotopic (exact) mass is 293 g/mol. The van der Waals surface area contributed by atoms with E-state index in [1.54, 1.807) is 6.20 Å². The zero-order valence-corrected chi connectivity index (χ0v) is 12.6. The molecule has 1 aliphatic rings. The van der Waals surface area contributed by atoms with Crippen LogP contribution in [0, 0.1) is 11.8 Å². The lowest BCUT2D eigenvalue weighted by Gasteiger charge is -2.28. The summed E-state index contributed by atoms with van der Waals surface area (Å²) in [4.78, 5) is 23.7. The van der Waals surface area contributed by atoms with Gasteiger partial charge in [-0.15, -0.1) is 0 Å². The highest BCUT2D eigenvalue weighted by Crippen LogP contribution is 2.31. The molecule has 0 saturated heterocycles. The van der Waals surface area contributed by atoms with Gasteiger partial charge in [-0.1, -0.05) is 12.8 Å². The van der Waals surface area contributed by atoms with Gasteiger partial charge >= 0.3 is 5.97 Å². The number of aryl methyl sites for hydroxylation is 1. The normalized spacial score (nSPS) is 23.5. The highest BCUT2D eigenvalue weighted by Gasteiger charge is 2.36. The molecule has 2 rings (SSSR count). The fourth-order valence-electron chi connectivity index (χ4n) is 3.11. The van der Waals surface area contributed by atoms with Gasteiger partial charge < -0.3 is 10.4 Å². The molecule has 0 spiro atoms. The summed E-state index contributed by atoms with van der Waals surface area (Å²) in [6.07, 6.45) is 4.77. The van der Waals surface area contributed by atoms with Crippen LogP contribution >= 0.6 is 0 Å². The maximum Gasteiger partial charge on any atom is 0.307 e. The predicted molar refractivity (Wildman–Crippen MR) is 77.5 cm³/mol. The van der Waals surface area contributed by atoms with Gasteiger partial charge in [0.25, 0.3) is 0 Å². The molecule has 2 N–H and O–H groups in total. The number of carbonyl (C=O) groups is 2. The van der Waals surface area contributed by atoms with Crippen LogP contribution in [-0.2, 0) is 16.1 Å². The van der Waals surface area contributed by atoms with E-state index in [0.29, 0.717) is 12.8 Å². The quantitative estimate of drug-likeness (QED) is 0.869. The zero-order chi connectivity index (χ0) is 15.4. The molecule has 1 aliphatic carbocycles. The standard InChI is InChI=1S/C15H23N3O3/c1-3-18-13(8-9-16-18)10(2)17-14(19)11-6-4-5-7-12(11)15(20)21/h8-12H,3-7H2,1-2H3,(H,17,19)(H,20,21)/t10-,11-,12-/m0/s1. The predicted octanol–water partition coefficient (Wildman–Crippen LogP) is 1.97. The number of nitrogens with zero attached hydrogens (tertiary/aromatic N) is 2. The van der Waals surface area contributed by atoms with Crippen LogP contribution in [0.3, 0.4) is 0 Å². The summed E-state index contributed by atoms with van der Waals surface area (Å²) < 4.78 is 1.83. The van der Waals surface area contributed by atoms with E-state index in [1.165, 1.54) is 0 Å². The van der Waals surface area contributed by atoms with Crippen LogP contribution in [0.1, 0.15) is 51.3 Å². The molecule has 1 aromatic rings. The fourth-order valence-corrected chi connectivity index (χ4v) is 3.11. The second-order valence-corrected chi connectivity index (χ2v) is 5.64. The molecule has 0 radical (unpaired) electrons. The number of aliphatic carboxylic acids is 1. The number of hydrogen-bond acceptors (Lipinski definition) is 3. The minimum absolute atomic E-state index is 0.154. The van der Waals surface area contributed by atoms with Crippen molar-refractivity contribution in [1.29, 1.82) is 0 Å². The Bertz CT molecular complexity index is 512. The SMILES string of the molecule is CCn1nccc1[C@H](C)NC(=O)[C@H]1CCCC[C@@H]1C(=O)O. The van der Waals surface area contributed by atoms with E-state index in [0.717, 1.165) is 25.1 Å². The first-order valence-electron chi connectivity index (χ1n) is 7.59. The number of rotatable bonds is 5. The van der Waals surface area contributed by atoms with Gasteiger partial charge in [-0.3, -0.25) is 14.3 Å². The highest BCUT2D eigenvalue weighted by molar-refractivity contribution is 5.85. The van der Waals surface area contributed by atoms with Crippen LogP contribution in [0.5, 0.6) is 0 Å². The molecule has 6 heteroatoms. The molecule has 1 heterocycles. The minimum Gasteiger partial charge on any atom is -0.481 e. The summed E-state index contributed by atoms with van der Waals surface area (Å²) in [7, 11) is 0. The van der Waals surface area contributed by atoms with E-state index in [9.17, 15) is 14.7 Å². The van der Waals surface area contributed by atoms with Crippen LogP contribution in [-0.4, -0.2) is 26.8 Å². The van der Waals surface area contributed by atoms with Crippen LogP contribution in [0.15, 0.2) is 12.3 Å². The molecule has 116 valence electrons. The van der Waals surface area contributed by atoms with Crippen molar-refractivity contribution in [3.05, 3.63) is 18.0 Å². The number of nitrogens with one attached hydrogen (secondary N) is 1. The Labute approximate surface area is 124 Å².